The summed E-state index contributed by atoms with van der Waals surface area (Å²) in [7, 11) is 0. The highest BCUT2D eigenvalue weighted by molar-refractivity contribution is 7.99. The fraction of sp³-hybridized carbons (Fsp3) is 0.364. The topological polar surface area (TPSA) is 81.2 Å². The third kappa shape index (κ3) is 2.93. The van der Waals surface area contributed by atoms with Gasteiger partial charge in [0.15, 0.2) is 11.0 Å². The SMILES string of the molecule is CC(C)n1c(SCC(=O)O)nnc1-c1ccoc1Cl. The Bertz CT molecular complexity index is 594. The van der Waals surface area contributed by atoms with Crippen molar-refractivity contribution in [3.05, 3.63) is 17.5 Å². The summed E-state index contributed by atoms with van der Waals surface area (Å²) >= 11 is 7.06. The Morgan fingerprint density at radius 1 is 1.58 bits per heavy atom. The lowest BCUT2D eigenvalue weighted by molar-refractivity contribution is -0.133. The van der Waals surface area contributed by atoms with Crippen molar-refractivity contribution in [3.63, 3.8) is 0 Å². The summed E-state index contributed by atoms with van der Waals surface area (Å²) in [5, 5.41) is 17.6. The second-order valence-electron chi connectivity index (χ2n) is 4.06. The van der Waals surface area contributed by atoms with Crippen LogP contribution in [-0.2, 0) is 4.79 Å². The Labute approximate surface area is 118 Å². The van der Waals surface area contributed by atoms with Crippen molar-refractivity contribution < 1.29 is 14.3 Å². The first kappa shape index (κ1) is 14.0. The van der Waals surface area contributed by atoms with Gasteiger partial charge in [-0.3, -0.25) is 9.36 Å². The van der Waals surface area contributed by atoms with Crippen molar-refractivity contribution in [2.75, 3.05) is 5.75 Å². The smallest absolute Gasteiger partial charge is 0.313 e. The molecule has 102 valence electrons. The third-order valence-corrected chi connectivity index (χ3v) is 3.59. The molecule has 2 heterocycles. The minimum Gasteiger partial charge on any atom is -0.481 e. The van der Waals surface area contributed by atoms with E-state index in [1.54, 1.807) is 6.07 Å². The summed E-state index contributed by atoms with van der Waals surface area (Å²) in [6, 6.07) is 1.78. The molecule has 0 aliphatic heterocycles. The number of furan rings is 1. The van der Waals surface area contributed by atoms with Crippen LogP contribution >= 0.6 is 23.4 Å². The molecule has 0 saturated heterocycles. The highest BCUT2D eigenvalue weighted by atomic mass is 35.5. The summed E-state index contributed by atoms with van der Waals surface area (Å²) < 4.78 is 6.88. The molecule has 0 atom stereocenters. The summed E-state index contributed by atoms with van der Waals surface area (Å²) in [6.45, 7) is 3.93. The molecular formula is C11H12ClN3O3S. The van der Waals surface area contributed by atoms with Crippen molar-refractivity contribution in [1.82, 2.24) is 14.8 Å². The maximum Gasteiger partial charge on any atom is 0.313 e. The first-order valence-electron chi connectivity index (χ1n) is 5.53. The summed E-state index contributed by atoms with van der Waals surface area (Å²) in [6.07, 6.45) is 1.47. The number of aliphatic carboxylic acids is 1. The van der Waals surface area contributed by atoms with Gasteiger partial charge in [0.1, 0.15) is 0 Å². The van der Waals surface area contributed by atoms with Crippen molar-refractivity contribution in [2.45, 2.75) is 25.0 Å². The van der Waals surface area contributed by atoms with Gasteiger partial charge in [0.2, 0.25) is 5.22 Å². The van der Waals surface area contributed by atoms with E-state index in [1.807, 2.05) is 18.4 Å². The minimum atomic E-state index is -0.897. The molecule has 8 heteroatoms. The Balaban J connectivity index is 2.40. The van der Waals surface area contributed by atoms with Crippen LogP contribution in [0.4, 0.5) is 0 Å². The van der Waals surface area contributed by atoms with Gasteiger partial charge in [0, 0.05) is 6.04 Å². The average molecular weight is 302 g/mol. The maximum atomic E-state index is 10.6. The molecule has 2 rings (SSSR count). The number of halogens is 1. The second kappa shape index (κ2) is 5.66. The lowest BCUT2D eigenvalue weighted by atomic mass is 10.3. The molecule has 0 unspecified atom stereocenters. The molecule has 0 amide bonds. The fourth-order valence-corrected chi connectivity index (χ4v) is 2.59. The van der Waals surface area contributed by atoms with Crippen LogP contribution in [0.5, 0.6) is 0 Å². The Morgan fingerprint density at radius 3 is 2.84 bits per heavy atom. The molecule has 19 heavy (non-hydrogen) atoms. The number of carboxylic acids is 1. The molecule has 0 fully saturated rings. The van der Waals surface area contributed by atoms with Gasteiger partial charge in [-0.05, 0) is 31.5 Å². The fourth-order valence-electron chi connectivity index (χ4n) is 1.60. The summed E-state index contributed by atoms with van der Waals surface area (Å²) in [5.41, 5.74) is 0.644. The molecular weight excluding hydrogens is 290 g/mol. The minimum absolute atomic E-state index is 0.0655. The Morgan fingerprint density at radius 2 is 2.32 bits per heavy atom. The highest BCUT2D eigenvalue weighted by Gasteiger charge is 2.20. The Kier molecular flexibility index (Phi) is 4.16. The number of hydrogen-bond donors (Lipinski definition) is 1. The number of carboxylic acid groups (broad SMARTS) is 1. The van der Waals surface area contributed by atoms with Crippen molar-refractivity contribution in [2.24, 2.45) is 0 Å². The van der Waals surface area contributed by atoms with E-state index in [-0.39, 0.29) is 17.0 Å². The van der Waals surface area contributed by atoms with Crippen LogP contribution in [-0.4, -0.2) is 31.6 Å². The molecule has 0 spiro atoms. The van der Waals surface area contributed by atoms with E-state index < -0.39 is 5.97 Å². The van der Waals surface area contributed by atoms with Crippen molar-refractivity contribution >= 4 is 29.3 Å². The van der Waals surface area contributed by atoms with Crippen LogP contribution in [0.1, 0.15) is 19.9 Å². The number of hydrogen-bond acceptors (Lipinski definition) is 5. The number of thioether (sulfide) groups is 1. The zero-order valence-corrected chi connectivity index (χ0v) is 11.9. The molecule has 2 aromatic rings. The average Bonchev–Trinajstić information content (AvgIpc) is 2.91. The van der Waals surface area contributed by atoms with Gasteiger partial charge in [-0.1, -0.05) is 11.8 Å². The number of nitrogens with zero attached hydrogens (tertiary/aromatic N) is 3. The van der Waals surface area contributed by atoms with Gasteiger partial charge in [-0.15, -0.1) is 10.2 Å². The van der Waals surface area contributed by atoms with Gasteiger partial charge in [-0.25, -0.2) is 0 Å². The van der Waals surface area contributed by atoms with Gasteiger partial charge >= 0.3 is 5.97 Å². The number of rotatable bonds is 5. The van der Waals surface area contributed by atoms with Gasteiger partial charge < -0.3 is 9.52 Å². The molecule has 6 nitrogen and oxygen atoms in total. The monoisotopic (exact) mass is 301 g/mol. The number of carbonyl (C=O) groups is 1. The third-order valence-electron chi connectivity index (χ3n) is 2.36. The summed E-state index contributed by atoms with van der Waals surface area (Å²) in [5.74, 6) is -0.392. The van der Waals surface area contributed by atoms with Gasteiger partial charge in [0.05, 0.1) is 17.6 Å². The van der Waals surface area contributed by atoms with Crippen LogP contribution in [0.3, 0.4) is 0 Å². The predicted octanol–water partition coefficient (Wildman–Crippen LogP) is 2.95. The van der Waals surface area contributed by atoms with E-state index in [2.05, 4.69) is 10.2 Å². The molecule has 0 saturated carbocycles. The lowest BCUT2D eigenvalue weighted by Crippen LogP contribution is -2.06. The maximum absolute atomic E-state index is 10.6. The Hall–Kier alpha value is -1.47. The molecule has 0 radical (unpaired) electrons. The lowest BCUT2D eigenvalue weighted by Gasteiger charge is -2.12. The molecule has 2 aromatic heterocycles. The van der Waals surface area contributed by atoms with E-state index in [4.69, 9.17) is 21.1 Å². The molecule has 0 aromatic carbocycles. The second-order valence-corrected chi connectivity index (χ2v) is 5.35. The van der Waals surface area contributed by atoms with E-state index in [9.17, 15) is 4.79 Å². The van der Waals surface area contributed by atoms with Gasteiger partial charge in [-0.2, -0.15) is 0 Å². The molecule has 0 aliphatic rings. The quantitative estimate of drug-likeness (QED) is 0.855. The number of aromatic nitrogens is 3. The van der Waals surface area contributed by atoms with Crippen molar-refractivity contribution in [3.8, 4) is 11.4 Å². The normalized spacial score (nSPS) is 11.2. The largest absolute Gasteiger partial charge is 0.481 e. The van der Waals surface area contributed by atoms with Crippen molar-refractivity contribution in [1.29, 1.82) is 0 Å². The van der Waals surface area contributed by atoms with Crippen LogP contribution < -0.4 is 0 Å². The van der Waals surface area contributed by atoms with E-state index >= 15 is 0 Å². The van der Waals surface area contributed by atoms with E-state index in [0.717, 1.165) is 11.8 Å². The van der Waals surface area contributed by atoms with E-state index in [0.29, 0.717) is 16.5 Å². The molecule has 0 bridgehead atoms. The standard InChI is InChI=1S/C11H12ClN3O3S/c1-6(2)15-10(7-3-4-18-9(7)12)13-14-11(15)19-5-8(16)17/h3-4,6H,5H2,1-2H3,(H,16,17). The molecule has 1 N–H and O–H groups in total. The zero-order valence-electron chi connectivity index (χ0n) is 10.3. The predicted molar refractivity (Wildman–Crippen MR) is 71.5 cm³/mol. The zero-order chi connectivity index (χ0) is 14.0. The highest BCUT2D eigenvalue weighted by Crippen LogP contribution is 2.32. The van der Waals surface area contributed by atoms with Crippen LogP contribution in [0, 0.1) is 0 Å². The van der Waals surface area contributed by atoms with Crippen LogP contribution in [0.15, 0.2) is 21.9 Å². The van der Waals surface area contributed by atoms with Crippen LogP contribution in [0.25, 0.3) is 11.4 Å². The molecule has 0 aliphatic carbocycles. The summed E-state index contributed by atoms with van der Waals surface area (Å²) in [4.78, 5) is 10.6. The van der Waals surface area contributed by atoms with E-state index in [1.165, 1.54) is 6.26 Å². The van der Waals surface area contributed by atoms with Crippen LogP contribution in [0.2, 0.25) is 5.22 Å². The first-order chi connectivity index (χ1) is 9.00. The first-order valence-corrected chi connectivity index (χ1v) is 6.90. The van der Waals surface area contributed by atoms with Gasteiger partial charge in [0.25, 0.3) is 0 Å².